The number of nitrogens with one attached hydrogen (secondary N) is 2. The number of anilines is 1. The minimum atomic E-state index is -1.01. The summed E-state index contributed by atoms with van der Waals surface area (Å²) in [4.78, 5) is 44.5. The predicted molar refractivity (Wildman–Crippen MR) is 124 cm³/mol. The van der Waals surface area contributed by atoms with E-state index >= 15 is 0 Å². The highest BCUT2D eigenvalue weighted by Crippen LogP contribution is 2.34. The van der Waals surface area contributed by atoms with E-state index in [0.29, 0.717) is 17.0 Å². The molecule has 0 aliphatic carbocycles. The van der Waals surface area contributed by atoms with E-state index in [0.717, 1.165) is 18.2 Å². The van der Waals surface area contributed by atoms with Gasteiger partial charge in [-0.2, -0.15) is 5.10 Å². The van der Waals surface area contributed by atoms with Crippen LogP contribution in [0.15, 0.2) is 71.8 Å². The number of hydrogen-bond acceptors (Lipinski definition) is 9. The number of carbonyl (C=O) groups excluding carboxylic acids is 2. The van der Waals surface area contributed by atoms with Crippen LogP contribution in [-0.2, 0) is 9.59 Å². The van der Waals surface area contributed by atoms with Crippen molar-refractivity contribution in [1.82, 2.24) is 5.43 Å². The average Bonchev–Trinajstić information content (AvgIpc) is 2.84. The Kier molecular flexibility index (Phi) is 7.64. The summed E-state index contributed by atoms with van der Waals surface area (Å²) in [5.74, 6) is -1.38. The molecule has 13 nitrogen and oxygen atoms in total. The number of amides is 2. The molecule has 2 N–H and O–H groups in total. The number of benzene rings is 3. The van der Waals surface area contributed by atoms with E-state index in [1.807, 2.05) is 0 Å². The monoisotopic (exact) mass is 479 g/mol. The molecule has 3 aromatic carbocycles. The summed E-state index contributed by atoms with van der Waals surface area (Å²) in [7, 11) is 1.50. The first-order chi connectivity index (χ1) is 16.8. The van der Waals surface area contributed by atoms with Crippen molar-refractivity contribution in [2.75, 3.05) is 12.4 Å². The van der Waals surface area contributed by atoms with Crippen LogP contribution in [0.5, 0.6) is 17.2 Å². The number of non-ortho nitro benzene ring substituents is 1. The Morgan fingerprint density at radius 3 is 2.31 bits per heavy atom. The maximum Gasteiger partial charge on any atom is 0.329 e. The van der Waals surface area contributed by atoms with Gasteiger partial charge in [0.1, 0.15) is 11.5 Å². The normalized spacial score (nSPS) is 10.4. The lowest BCUT2D eigenvalue weighted by atomic mass is 10.2. The maximum absolute atomic E-state index is 12.0. The highest BCUT2D eigenvalue weighted by atomic mass is 16.6. The summed E-state index contributed by atoms with van der Waals surface area (Å²) in [5, 5.41) is 28.2. The second kappa shape index (κ2) is 11.0. The summed E-state index contributed by atoms with van der Waals surface area (Å²) < 4.78 is 10.5. The van der Waals surface area contributed by atoms with Gasteiger partial charge in [-0.25, -0.2) is 5.43 Å². The standard InChI is InChI=1S/C22H17N5O8/c1-34-17-8-5-15(6-9-17)24-21(28)22(29)25-23-13-14-3-2-4-18(11-14)35-20-10-7-16(26(30)31)12-19(20)27(32)33/h2-13H,1H3,(H,24,28)(H,25,29)/b23-13+. The van der Waals surface area contributed by atoms with Gasteiger partial charge in [-0.3, -0.25) is 29.8 Å². The number of hydrogen-bond donors (Lipinski definition) is 2. The third-order valence-electron chi connectivity index (χ3n) is 4.37. The molecule has 0 aromatic heterocycles. The summed E-state index contributed by atoms with van der Waals surface area (Å²) in [5.41, 5.74) is 1.88. The molecule has 3 rings (SSSR count). The number of methoxy groups -OCH3 is 1. The van der Waals surface area contributed by atoms with Gasteiger partial charge < -0.3 is 14.8 Å². The number of carbonyl (C=O) groups is 2. The van der Waals surface area contributed by atoms with Gasteiger partial charge in [0.05, 0.1) is 29.2 Å². The molecular weight excluding hydrogens is 462 g/mol. The van der Waals surface area contributed by atoms with Crippen LogP contribution in [-0.4, -0.2) is 35.0 Å². The van der Waals surface area contributed by atoms with Crippen LogP contribution in [0.1, 0.15) is 5.56 Å². The second-order valence-electron chi connectivity index (χ2n) is 6.72. The molecule has 0 heterocycles. The number of hydrazone groups is 1. The topological polar surface area (TPSA) is 175 Å². The van der Waals surface area contributed by atoms with Crippen LogP contribution in [0.3, 0.4) is 0 Å². The smallest absolute Gasteiger partial charge is 0.329 e. The van der Waals surface area contributed by atoms with Crippen molar-refractivity contribution in [1.29, 1.82) is 0 Å². The quantitative estimate of drug-likeness (QED) is 0.214. The first-order valence-corrected chi connectivity index (χ1v) is 9.76. The van der Waals surface area contributed by atoms with Crippen molar-refractivity contribution >= 4 is 35.1 Å². The summed E-state index contributed by atoms with van der Waals surface area (Å²) >= 11 is 0. The summed E-state index contributed by atoms with van der Waals surface area (Å²) in [6, 6.07) is 15.5. The third kappa shape index (κ3) is 6.58. The summed E-state index contributed by atoms with van der Waals surface area (Å²) in [6.07, 6.45) is 1.23. The van der Waals surface area contributed by atoms with E-state index in [2.05, 4.69) is 15.8 Å². The van der Waals surface area contributed by atoms with Gasteiger partial charge in [-0.1, -0.05) is 12.1 Å². The van der Waals surface area contributed by atoms with E-state index < -0.39 is 33.0 Å². The van der Waals surface area contributed by atoms with Crippen LogP contribution in [0.25, 0.3) is 0 Å². The maximum atomic E-state index is 12.0. The SMILES string of the molecule is COc1ccc(NC(=O)C(=O)N/N=C/c2cccc(Oc3ccc([N+](=O)[O-])cc3[N+](=O)[O-])c2)cc1. The molecule has 0 atom stereocenters. The molecule has 0 saturated heterocycles. The number of ether oxygens (including phenoxy) is 2. The van der Waals surface area contributed by atoms with Gasteiger partial charge >= 0.3 is 17.5 Å². The largest absolute Gasteiger partial charge is 0.497 e. The molecule has 0 aliphatic rings. The van der Waals surface area contributed by atoms with E-state index in [-0.39, 0.29) is 11.5 Å². The lowest BCUT2D eigenvalue weighted by Gasteiger charge is -2.07. The number of nitrogens with zero attached hydrogens (tertiary/aromatic N) is 3. The van der Waals surface area contributed by atoms with Crippen LogP contribution in [0.4, 0.5) is 17.1 Å². The molecule has 35 heavy (non-hydrogen) atoms. The number of nitro groups is 2. The predicted octanol–water partition coefficient (Wildman–Crippen LogP) is 3.39. The average molecular weight is 479 g/mol. The van der Waals surface area contributed by atoms with Crippen molar-refractivity contribution < 1.29 is 28.9 Å². The van der Waals surface area contributed by atoms with E-state index in [1.165, 1.54) is 25.5 Å². The van der Waals surface area contributed by atoms with Crippen molar-refractivity contribution in [3.8, 4) is 17.2 Å². The first kappa shape index (κ1) is 24.3. The van der Waals surface area contributed by atoms with Gasteiger partial charge in [-0.15, -0.1) is 0 Å². The second-order valence-corrected chi connectivity index (χ2v) is 6.72. The lowest BCUT2D eigenvalue weighted by molar-refractivity contribution is -0.394. The molecule has 0 unspecified atom stereocenters. The summed E-state index contributed by atoms with van der Waals surface area (Å²) in [6.45, 7) is 0. The van der Waals surface area contributed by atoms with Gasteiger partial charge in [0.25, 0.3) is 5.69 Å². The number of nitro benzene ring substituents is 2. The van der Waals surface area contributed by atoms with E-state index in [4.69, 9.17) is 9.47 Å². The molecular formula is C22H17N5O8. The van der Waals surface area contributed by atoms with Crippen molar-refractivity contribution in [2.24, 2.45) is 5.10 Å². The lowest BCUT2D eigenvalue weighted by Crippen LogP contribution is -2.32. The van der Waals surface area contributed by atoms with Crippen molar-refractivity contribution in [3.05, 3.63) is 92.5 Å². The Morgan fingerprint density at radius 1 is 0.914 bits per heavy atom. The molecule has 13 heteroatoms. The Morgan fingerprint density at radius 2 is 1.66 bits per heavy atom. The van der Waals surface area contributed by atoms with Crippen LogP contribution < -0.4 is 20.2 Å². The van der Waals surface area contributed by atoms with Crippen LogP contribution in [0, 0.1) is 20.2 Å². The minimum absolute atomic E-state index is 0.175. The van der Waals surface area contributed by atoms with Gasteiger partial charge in [0, 0.05) is 11.8 Å². The highest BCUT2D eigenvalue weighted by molar-refractivity contribution is 6.39. The van der Waals surface area contributed by atoms with Gasteiger partial charge in [0.2, 0.25) is 5.75 Å². The van der Waals surface area contributed by atoms with E-state index in [9.17, 15) is 29.8 Å². The molecule has 0 bridgehead atoms. The van der Waals surface area contributed by atoms with Gasteiger partial charge in [0.15, 0.2) is 0 Å². The third-order valence-corrected chi connectivity index (χ3v) is 4.37. The number of rotatable bonds is 8. The van der Waals surface area contributed by atoms with Crippen molar-refractivity contribution in [3.63, 3.8) is 0 Å². The first-order valence-electron chi connectivity index (χ1n) is 9.76. The Bertz CT molecular complexity index is 1310. The fourth-order valence-corrected chi connectivity index (χ4v) is 2.71. The van der Waals surface area contributed by atoms with Crippen LogP contribution in [0.2, 0.25) is 0 Å². The fraction of sp³-hybridized carbons (Fsp3) is 0.0455. The molecule has 0 saturated carbocycles. The van der Waals surface area contributed by atoms with Gasteiger partial charge in [-0.05, 0) is 48.0 Å². The Labute approximate surface area is 197 Å². The Balaban J connectivity index is 1.63. The molecule has 0 spiro atoms. The zero-order chi connectivity index (χ0) is 25.4. The van der Waals surface area contributed by atoms with Crippen molar-refractivity contribution in [2.45, 2.75) is 0 Å². The Hall–Kier alpha value is -5.33. The molecule has 0 radical (unpaired) electrons. The van der Waals surface area contributed by atoms with Crippen LogP contribution >= 0.6 is 0 Å². The molecule has 0 aliphatic heterocycles. The van der Waals surface area contributed by atoms with E-state index in [1.54, 1.807) is 36.4 Å². The minimum Gasteiger partial charge on any atom is -0.497 e. The molecule has 0 fully saturated rings. The zero-order valence-electron chi connectivity index (χ0n) is 18.0. The highest BCUT2D eigenvalue weighted by Gasteiger charge is 2.21. The molecule has 178 valence electrons. The molecule has 3 aromatic rings. The zero-order valence-corrected chi connectivity index (χ0v) is 18.0. The fourth-order valence-electron chi connectivity index (χ4n) is 2.71. The molecule has 2 amide bonds.